The second-order valence-corrected chi connectivity index (χ2v) is 7.89. The number of nitrogens with two attached hydrogens (primary N) is 1. The molecule has 2 aromatic carbocycles. The highest BCUT2D eigenvalue weighted by molar-refractivity contribution is 6.32. The van der Waals surface area contributed by atoms with Crippen LogP contribution in [0.4, 0.5) is 5.69 Å². The number of anilines is 1. The minimum absolute atomic E-state index is 0.148. The molecule has 0 atom stereocenters. The van der Waals surface area contributed by atoms with Crippen LogP contribution in [0.2, 0.25) is 5.02 Å². The lowest BCUT2D eigenvalue weighted by atomic mass is 10.1. The molecule has 166 valence electrons. The first-order chi connectivity index (χ1) is 14.9. The fourth-order valence-corrected chi connectivity index (χ4v) is 3.61. The lowest BCUT2D eigenvalue weighted by molar-refractivity contribution is -0.119. The number of hydrogen-bond donors (Lipinski definition) is 2. The van der Waals surface area contributed by atoms with Crippen molar-refractivity contribution in [2.24, 2.45) is 5.73 Å². The zero-order valence-corrected chi connectivity index (χ0v) is 18.4. The van der Waals surface area contributed by atoms with Gasteiger partial charge in [0.15, 0.2) is 18.1 Å². The summed E-state index contributed by atoms with van der Waals surface area (Å²) in [5.41, 5.74) is 7.24. The van der Waals surface area contributed by atoms with Crippen LogP contribution in [0.1, 0.15) is 15.9 Å². The van der Waals surface area contributed by atoms with E-state index >= 15 is 0 Å². The lowest BCUT2D eigenvalue weighted by Crippen LogP contribution is -2.43. The number of piperazine rings is 1. The van der Waals surface area contributed by atoms with E-state index in [9.17, 15) is 9.59 Å². The molecule has 1 saturated heterocycles. The predicted octanol–water partition coefficient (Wildman–Crippen LogP) is 2.21. The van der Waals surface area contributed by atoms with Gasteiger partial charge in [-0.15, -0.1) is 0 Å². The number of amides is 2. The summed E-state index contributed by atoms with van der Waals surface area (Å²) in [5.74, 6) is -0.578. The van der Waals surface area contributed by atoms with Gasteiger partial charge in [0, 0.05) is 44.0 Å². The number of likely N-dealkylation sites (N-methyl/N-ethyl adjacent to an activating group) is 1. The maximum atomic E-state index is 12.8. The molecule has 0 unspecified atom stereocenters. The van der Waals surface area contributed by atoms with Crippen molar-refractivity contribution >= 4 is 29.1 Å². The van der Waals surface area contributed by atoms with E-state index in [1.54, 1.807) is 0 Å². The summed E-state index contributed by atoms with van der Waals surface area (Å²) in [6, 6.07) is 10.8. The Balaban J connectivity index is 1.69. The Labute approximate surface area is 186 Å². The van der Waals surface area contributed by atoms with E-state index in [2.05, 4.69) is 28.2 Å². The Morgan fingerprint density at radius 2 is 1.90 bits per heavy atom. The van der Waals surface area contributed by atoms with Crippen LogP contribution in [0.25, 0.3) is 0 Å². The standard InChI is InChI=1S/C22H27ClN4O4/c1-26-6-8-27(9-7-26)13-15-4-3-5-17(10-15)25-22(29)16-11-18(23)21(19(12-16)30-2)31-14-20(24)28/h3-5,10-12H,6-9,13-14H2,1-2H3,(H2,24,28)(H,25,29). The van der Waals surface area contributed by atoms with Gasteiger partial charge < -0.3 is 25.4 Å². The van der Waals surface area contributed by atoms with E-state index < -0.39 is 5.91 Å². The SMILES string of the molecule is COc1cc(C(=O)Nc2cccc(CN3CCN(C)CC3)c2)cc(Cl)c1OCC(N)=O. The maximum Gasteiger partial charge on any atom is 0.255 e. The molecule has 0 saturated carbocycles. The van der Waals surface area contributed by atoms with E-state index in [0.717, 1.165) is 38.3 Å². The van der Waals surface area contributed by atoms with Crippen molar-refractivity contribution in [3.63, 3.8) is 0 Å². The average molecular weight is 447 g/mol. The topological polar surface area (TPSA) is 97.1 Å². The molecule has 3 rings (SSSR count). The quantitative estimate of drug-likeness (QED) is 0.645. The summed E-state index contributed by atoms with van der Waals surface area (Å²) >= 11 is 6.24. The molecule has 0 bridgehead atoms. The van der Waals surface area contributed by atoms with Gasteiger partial charge in [0.1, 0.15) is 0 Å². The predicted molar refractivity (Wildman–Crippen MR) is 120 cm³/mol. The van der Waals surface area contributed by atoms with Crippen molar-refractivity contribution in [1.82, 2.24) is 9.80 Å². The van der Waals surface area contributed by atoms with Crippen LogP contribution in [0.5, 0.6) is 11.5 Å². The molecule has 0 spiro atoms. The molecule has 2 amide bonds. The number of methoxy groups -OCH3 is 1. The first-order valence-electron chi connectivity index (χ1n) is 9.95. The van der Waals surface area contributed by atoms with Gasteiger partial charge in [-0.3, -0.25) is 14.5 Å². The smallest absolute Gasteiger partial charge is 0.255 e. The zero-order valence-electron chi connectivity index (χ0n) is 17.7. The first-order valence-corrected chi connectivity index (χ1v) is 10.3. The fourth-order valence-electron chi connectivity index (χ4n) is 3.35. The molecule has 2 aromatic rings. The largest absolute Gasteiger partial charge is 0.493 e. The molecule has 1 aliphatic rings. The second kappa shape index (κ2) is 10.5. The molecule has 9 heteroatoms. The number of ether oxygens (including phenoxy) is 2. The van der Waals surface area contributed by atoms with Gasteiger partial charge in [-0.1, -0.05) is 23.7 Å². The Bertz CT molecular complexity index is 945. The summed E-state index contributed by atoms with van der Waals surface area (Å²) in [6.07, 6.45) is 0. The van der Waals surface area contributed by atoms with E-state index in [1.165, 1.54) is 19.2 Å². The first kappa shape index (κ1) is 22.9. The van der Waals surface area contributed by atoms with E-state index in [4.69, 9.17) is 26.8 Å². The number of benzene rings is 2. The third-order valence-corrected chi connectivity index (χ3v) is 5.32. The second-order valence-electron chi connectivity index (χ2n) is 7.48. The Morgan fingerprint density at radius 3 is 2.58 bits per heavy atom. The third-order valence-electron chi connectivity index (χ3n) is 5.04. The summed E-state index contributed by atoms with van der Waals surface area (Å²) < 4.78 is 10.6. The monoisotopic (exact) mass is 446 g/mol. The minimum atomic E-state index is -0.642. The summed E-state index contributed by atoms with van der Waals surface area (Å²) in [6.45, 7) is 4.65. The number of hydrogen-bond acceptors (Lipinski definition) is 6. The molecule has 1 aliphatic heterocycles. The Morgan fingerprint density at radius 1 is 1.16 bits per heavy atom. The van der Waals surface area contributed by atoms with E-state index in [1.807, 2.05) is 18.2 Å². The summed E-state index contributed by atoms with van der Waals surface area (Å²) in [5, 5.41) is 3.04. The molecule has 3 N–H and O–H groups in total. The van der Waals surface area contributed by atoms with E-state index in [-0.39, 0.29) is 29.0 Å². The third kappa shape index (κ3) is 6.33. The van der Waals surface area contributed by atoms with Crippen LogP contribution >= 0.6 is 11.6 Å². The molecule has 1 fully saturated rings. The van der Waals surface area contributed by atoms with E-state index in [0.29, 0.717) is 11.3 Å². The molecule has 1 heterocycles. The van der Waals surface area contributed by atoms with Crippen molar-refractivity contribution < 1.29 is 19.1 Å². The highest BCUT2D eigenvalue weighted by Gasteiger charge is 2.18. The number of carbonyl (C=O) groups is 2. The Hall–Kier alpha value is -2.81. The van der Waals surface area contributed by atoms with Crippen molar-refractivity contribution in [3.05, 3.63) is 52.5 Å². The van der Waals surface area contributed by atoms with Gasteiger partial charge in [0.25, 0.3) is 11.8 Å². The molecule has 8 nitrogen and oxygen atoms in total. The number of primary amides is 1. The highest BCUT2D eigenvalue weighted by Crippen LogP contribution is 2.36. The normalized spacial score (nSPS) is 14.8. The fraction of sp³-hybridized carbons (Fsp3) is 0.364. The molecule has 31 heavy (non-hydrogen) atoms. The van der Waals surface area contributed by atoms with Crippen molar-refractivity contribution in [2.45, 2.75) is 6.54 Å². The summed E-state index contributed by atoms with van der Waals surface area (Å²) in [7, 11) is 3.55. The summed E-state index contributed by atoms with van der Waals surface area (Å²) in [4.78, 5) is 28.5. The number of nitrogens with one attached hydrogen (secondary N) is 1. The molecule has 0 aromatic heterocycles. The lowest BCUT2D eigenvalue weighted by Gasteiger charge is -2.32. The highest BCUT2D eigenvalue weighted by atomic mass is 35.5. The minimum Gasteiger partial charge on any atom is -0.493 e. The molecule has 0 radical (unpaired) electrons. The van der Waals surface area contributed by atoms with Crippen molar-refractivity contribution in [2.75, 3.05) is 52.3 Å². The number of carbonyl (C=O) groups excluding carboxylic acids is 2. The van der Waals surface area contributed by atoms with Gasteiger partial charge in [-0.25, -0.2) is 0 Å². The molecular weight excluding hydrogens is 420 g/mol. The number of rotatable bonds is 8. The van der Waals surface area contributed by atoms with Crippen LogP contribution in [0, 0.1) is 0 Å². The number of halogens is 1. The Kier molecular flexibility index (Phi) is 7.73. The van der Waals surface area contributed by atoms with Crippen molar-refractivity contribution in [1.29, 1.82) is 0 Å². The van der Waals surface area contributed by atoms with Gasteiger partial charge in [0.2, 0.25) is 0 Å². The number of nitrogens with zero attached hydrogens (tertiary/aromatic N) is 2. The van der Waals surface area contributed by atoms with Crippen LogP contribution in [-0.4, -0.2) is 68.6 Å². The van der Waals surface area contributed by atoms with Crippen molar-refractivity contribution in [3.8, 4) is 11.5 Å². The van der Waals surface area contributed by atoms with Crippen LogP contribution in [-0.2, 0) is 11.3 Å². The zero-order chi connectivity index (χ0) is 22.4. The van der Waals surface area contributed by atoms with Gasteiger partial charge in [0.05, 0.1) is 12.1 Å². The average Bonchev–Trinajstić information content (AvgIpc) is 2.74. The van der Waals surface area contributed by atoms with Crippen LogP contribution in [0.15, 0.2) is 36.4 Å². The molecular formula is C22H27ClN4O4. The van der Waals surface area contributed by atoms with Crippen LogP contribution in [0.3, 0.4) is 0 Å². The van der Waals surface area contributed by atoms with Gasteiger partial charge in [-0.05, 0) is 36.9 Å². The maximum absolute atomic E-state index is 12.8. The molecule has 0 aliphatic carbocycles. The van der Waals surface area contributed by atoms with Gasteiger partial charge >= 0.3 is 0 Å². The van der Waals surface area contributed by atoms with Gasteiger partial charge in [-0.2, -0.15) is 0 Å². The van der Waals surface area contributed by atoms with Crippen LogP contribution < -0.4 is 20.5 Å².